The number of benzene rings is 2. The molecule has 3 N–H and O–H groups in total. The van der Waals surface area contributed by atoms with Gasteiger partial charge in [0.1, 0.15) is 5.75 Å². The smallest absolute Gasteiger partial charge is 0.255 e. The minimum absolute atomic E-state index is 0.0566. The number of aromatic hydroxyl groups is 1. The van der Waals surface area contributed by atoms with E-state index in [1.807, 2.05) is 31.2 Å². The molecule has 0 spiro atoms. The number of phenols is 1. The molecule has 1 aliphatic carbocycles. The maximum atomic E-state index is 12.3. The molecule has 0 radical (unpaired) electrons. The highest BCUT2D eigenvalue weighted by Crippen LogP contribution is 2.32. The van der Waals surface area contributed by atoms with Crippen molar-refractivity contribution >= 4 is 5.91 Å². The molecule has 21 heavy (non-hydrogen) atoms. The Morgan fingerprint density at radius 2 is 2.00 bits per heavy atom. The van der Waals surface area contributed by atoms with Crippen molar-refractivity contribution in [3.05, 3.63) is 64.7 Å². The molecule has 2 aromatic carbocycles. The van der Waals surface area contributed by atoms with E-state index in [0.717, 1.165) is 16.7 Å². The molecule has 0 aromatic heterocycles. The van der Waals surface area contributed by atoms with Gasteiger partial charge in [0.2, 0.25) is 0 Å². The summed E-state index contributed by atoms with van der Waals surface area (Å²) >= 11 is 0. The average Bonchev–Trinajstić information content (AvgIpc) is 2.78. The van der Waals surface area contributed by atoms with Gasteiger partial charge in [0, 0.05) is 6.42 Å². The summed E-state index contributed by atoms with van der Waals surface area (Å²) in [5, 5.41) is 22.8. The molecular weight excluding hydrogens is 266 g/mol. The fraction of sp³-hybridized carbons (Fsp3) is 0.235. The van der Waals surface area contributed by atoms with Crippen molar-refractivity contribution in [1.82, 2.24) is 5.32 Å². The van der Waals surface area contributed by atoms with Crippen LogP contribution in [0.15, 0.2) is 42.5 Å². The van der Waals surface area contributed by atoms with Crippen LogP contribution in [0.4, 0.5) is 0 Å². The molecule has 4 heteroatoms. The van der Waals surface area contributed by atoms with E-state index in [1.54, 1.807) is 12.1 Å². The number of hydrogen-bond donors (Lipinski definition) is 3. The number of aryl methyl sites for hydroxylation is 1. The highest BCUT2D eigenvalue weighted by Gasteiger charge is 2.32. The van der Waals surface area contributed by atoms with Gasteiger partial charge in [0.15, 0.2) is 0 Å². The molecule has 0 saturated heterocycles. The van der Waals surface area contributed by atoms with Gasteiger partial charge in [-0.05, 0) is 30.2 Å². The highest BCUT2D eigenvalue weighted by atomic mass is 16.3. The summed E-state index contributed by atoms with van der Waals surface area (Å²) in [6.07, 6.45) is -0.112. The van der Waals surface area contributed by atoms with Gasteiger partial charge in [-0.15, -0.1) is 0 Å². The van der Waals surface area contributed by atoms with Gasteiger partial charge in [-0.2, -0.15) is 0 Å². The standard InChI is InChI=1S/C17H17NO3/c1-10-6-7-14(19)13(8-10)17(21)18-16-12-5-3-2-4-11(12)9-15(16)20/h2-8,15-16,19-20H,9H2,1H3,(H,18,21). The number of carbonyl (C=O) groups excluding carboxylic acids is 1. The van der Waals surface area contributed by atoms with Crippen LogP contribution in [0, 0.1) is 6.92 Å². The zero-order chi connectivity index (χ0) is 15.0. The van der Waals surface area contributed by atoms with Gasteiger partial charge < -0.3 is 15.5 Å². The Kier molecular flexibility index (Phi) is 3.39. The first kappa shape index (κ1) is 13.6. The minimum Gasteiger partial charge on any atom is -0.507 e. The molecule has 108 valence electrons. The van der Waals surface area contributed by atoms with Crippen molar-refractivity contribution in [2.24, 2.45) is 0 Å². The summed E-state index contributed by atoms with van der Waals surface area (Å²) in [6.45, 7) is 1.86. The van der Waals surface area contributed by atoms with Crippen LogP contribution < -0.4 is 5.32 Å². The van der Waals surface area contributed by atoms with Crippen LogP contribution in [-0.2, 0) is 6.42 Å². The van der Waals surface area contributed by atoms with Crippen molar-refractivity contribution in [2.75, 3.05) is 0 Å². The van der Waals surface area contributed by atoms with E-state index in [4.69, 9.17) is 0 Å². The van der Waals surface area contributed by atoms with Gasteiger partial charge >= 0.3 is 0 Å². The lowest BCUT2D eigenvalue weighted by Crippen LogP contribution is -2.33. The number of fused-ring (bicyclic) bond motifs is 1. The van der Waals surface area contributed by atoms with Gasteiger partial charge in [-0.25, -0.2) is 0 Å². The first-order valence-corrected chi connectivity index (χ1v) is 6.92. The normalized spacial score (nSPS) is 20.1. The number of aliphatic hydroxyl groups is 1. The first-order chi connectivity index (χ1) is 10.1. The fourth-order valence-electron chi connectivity index (χ4n) is 2.80. The zero-order valence-corrected chi connectivity index (χ0v) is 11.7. The van der Waals surface area contributed by atoms with Gasteiger partial charge in [0.05, 0.1) is 17.7 Å². The van der Waals surface area contributed by atoms with Crippen molar-refractivity contribution in [2.45, 2.75) is 25.5 Å². The second-order valence-corrected chi connectivity index (χ2v) is 5.44. The molecule has 0 bridgehead atoms. The van der Waals surface area contributed by atoms with E-state index in [1.165, 1.54) is 6.07 Å². The zero-order valence-electron chi connectivity index (χ0n) is 11.7. The molecule has 0 fully saturated rings. The summed E-state index contributed by atoms with van der Waals surface area (Å²) in [4.78, 5) is 12.3. The van der Waals surface area contributed by atoms with Crippen LogP contribution in [0.25, 0.3) is 0 Å². The molecule has 2 atom stereocenters. The number of hydrogen-bond acceptors (Lipinski definition) is 3. The molecule has 1 amide bonds. The molecule has 3 rings (SSSR count). The Balaban J connectivity index is 1.87. The number of phenolic OH excluding ortho intramolecular Hbond substituents is 1. The molecule has 2 unspecified atom stereocenters. The first-order valence-electron chi connectivity index (χ1n) is 6.92. The largest absolute Gasteiger partial charge is 0.507 e. The van der Waals surface area contributed by atoms with Crippen LogP contribution in [0.3, 0.4) is 0 Å². The Bertz CT molecular complexity index is 696. The van der Waals surface area contributed by atoms with Crippen molar-refractivity contribution in [1.29, 1.82) is 0 Å². The monoisotopic (exact) mass is 283 g/mol. The lowest BCUT2D eigenvalue weighted by Gasteiger charge is -2.18. The second-order valence-electron chi connectivity index (χ2n) is 5.44. The van der Waals surface area contributed by atoms with Crippen LogP contribution >= 0.6 is 0 Å². The summed E-state index contributed by atoms with van der Waals surface area (Å²) in [5.41, 5.74) is 3.10. The lowest BCUT2D eigenvalue weighted by atomic mass is 10.1. The number of amides is 1. The van der Waals surface area contributed by atoms with E-state index in [2.05, 4.69) is 5.32 Å². The Hall–Kier alpha value is -2.33. The molecule has 4 nitrogen and oxygen atoms in total. The van der Waals surface area contributed by atoms with E-state index in [-0.39, 0.29) is 17.2 Å². The van der Waals surface area contributed by atoms with Crippen LogP contribution in [0.5, 0.6) is 5.75 Å². The molecule has 0 aliphatic heterocycles. The van der Waals surface area contributed by atoms with Crippen molar-refractivity contribution in [3.63, 3.8) is 0 Å². The number of rotatable bonds is 2. The van der Waals surface area contributed by atoms with Gasteiger partial charge in [-0.3, -0.25) is 4.79 Å². The predicted octanol–water partition coefficient (Wildman–Crippen LogP) is 2.09. The van der Waals surface area contributed by atoms with Gasteiger partial charge in [-0.1, -0.05) is 35.9 Å². The molecule has 1 aliphatic rings. The number of carbonyl (C=O) groups is 1. The summed E-state index contributed by atoms with van der Waals surface area (Å²) in [5.74, 6) is -0.434. The molecule has 2 aromatic rings. The van der Waals surface area contributed by atoms with E-state index >= 15 is 0 Å². The molecular formula is C17H17NO3. The van der Waals surface area contributed by atoms with E-state index < -0.39 is 12.1 Å². The van der Waals surface area contributed by atoms with Gasteiger partial charge in [0.25, 0.3) is 5.91 Å². The fourth-order valence-corrected chi connectivity index (χ4v) is 2.80. The highest BCUT2D eigenvalue weighted by molar-refractivity contribution is 5.97. The Labute approximate surface area is 123 Å². The second kappa shape index (κ2) is 5.22. The number of nitrogens with one attached hydrogen (secondary N) is 1. The van der Waals surface area contributed by atoms with Crippen molar-refractivity contribution < 1.29 is 15.0 Å². The Morgan fingerprint density at radius 1 is 1.24 bits per heavy atom. The molecule has 0 saturated carbocycles. The quantitative estimate of drug-likeness (QED) is 0.790. The minimum atomic E-state index is -0.640. The van der Waals surface area contributed by atoms with Crippen LogP contribution in [0.1, 0.15) is 33.1 Å². The maximum absolute atomic E-state index is 12.3. The summed E-state index contributed by atoms with van der Waals surface area (Å²) in [7, 11) is 0. The SMILES string of the molecule is Cc1ccc(O)c(C(=O)NC2c3ccccc3CC2O)c1. The average molecular weight is 283 g/mol. The maximum Gasteiger partial charge on any atom is 0.255 e. The third kappa shape index (κ3) is 2.50. The third-order valence-electron chi connectivity index (χ3n) is 3.89. The van der Waals surface area contributed by atoms with Crippen LogP contribution in [0.2, 0.25) is 0 Å². The van der Waals surface area contributed by atoms with Crippen molar-refractivity contribution in [3.8, 4) is 5.75 Å². The van der Waals surface area contributed by atoms with Crippen LogP contribution in [-0.4, -0.2) is 22.2 Å². The summed E-state index contributed by atoms with van der Waals surface area (Å²) < 4.78 is 0. The summed E-state index contributed by atoms with van der Waals surface area (Å²) in [6, 6.07) is 12.1. The topological polar surface area (TPSA) is 69.6 Å². The van der Waals surface area contributed by atoms with E-state index in [0.29, 0.717) is 6.42 Å². The predicted molar refractivity (Wildman–Crippen MR) is 79.2 cm³/mol. The van der Waals surface area contributed by atoms with E-state index in [9.17, 15) is 15.0 Å². The Morgan fingerprint density at radius 3 is 2.81 bits per heavy atom. The molecule has 0 heterocycles. The lowest BCUT2D eigenvalue weighted by molar-refractivity contribution is 0.0855. The third-order valence-corrected chi connectivity index (χ3v) is 3.89. The number of aliphatic hydroxyl groups excluding tert-OH is 1.